The van der Waals surface area contributed by atoms with Crippen molar-refractivity contribution in [1.82, 2.24) is 0 Å². The van der Waals surface area contributed by atoms with Crippen molar-refractivity contribution in [2.75, 3.05) is 9.80 Å². The van der Waals surface area contributed by atoms with Crippen LogP contribution in [0.5, 0.6) is 0 Å². The number of benzene rings is 9. The highest BCUT2D eigenvalue weighted by atomic mass is 15.1. The summed E-state index contributed by atoms with van der Waals surface area (Å²) in [5.41, 5.74) is 18.4. The minimum Gasteiger partial charge on any atom is -0.310 e. The standard InChI is InChI=1S/C68H56N2/c1-53-15-13-25-67(51-53)69(63-43-35-57(36-44-63)23-11-9-21-55-17-5-3-6-18-55)65-47-39-61(40-48-65)33-31-59-27-29-60(30-28-59)32-34-62-41-49-66(50-42-62)70(68-26-14-16-54(2)52-68)64-45-37-58(38-46-64)24-12-10-22-56-19-7-4-8-20-56/h3-52H,1-2H3. The quantitative estimate of drug-likeness (QED) is 0.0704. The van der Waals surface area contributed by atoms with E-state index < -0.39 is 0 Å². The first-order chi connectivity index (χ1) is 34.5. The molecule has 0 aliphatic carbocycles. The zero-order valence-corrected chi connectivity index (χ0v) is 39.8. The first-order valence-electron chi connectivity index (χ1n) is 23.9. The molecule has 9 aromatic carbocycles. The van der Waals surface area contributed by atoms with Gasteiger partial charge in [0.25, 0.3) is 0 Å². The van der Waals surface area contributed by atoms with Crippen LogP contribution in [0.4, 0.5) is 34.1 Å². The zero-order valence-electron chi connectivity index (χ0n) is 39.8. The summed E-state index contributed by atoms with van der Waals surface area (Å²) in [6.45, 7) is 4.28. The molecule has 70 heavy (non-hydrogen) atoms. The van der Waals surface area contributed by atoms with Gasteiger partial charge in [0.05, 0.1) is 0 Å². The fourth-order valence-electron chi connectivity index (χ4n) is 8.26. The molecular formula is C68H56N2. The Morgan fingerprint density at radius 3 is 0.729 bits per heavy atom. The molecule has 0 radical (unpaired) electrons. The van der Waals surface area contributed by atoms with Gasteiger partial charge in [-0.15, -0.1) is 0 Å². The number of rotatable bonds is 16. The number of allylic oxidation sites excluding steroid dienone is 4. The minimum absolute atomic E-state index is 1.10. The van der Waals surface area contributed by atoms with Crippen molar-refractivity contribution in [3.63, 3.8) is 0 Å². The lowest BCUT2D eigenvalue weighted by atomic mass is 10.1. The first kappa shape index (κ1) is 46.1. The number of aryl methyl sites for hydroxylation is 2. The van der Waals surface area contributed by atoms with Crippen LogP contribution in [-0.4, -0.2) is 0 Å². The molecule has 0 N–H and O–H groups in total. The summed E-state index contributed by atoms with van der Waals surface area (Å²) in [6.07, 6.45) is 25.6. The monoisotopic (exact) mass is 900 g/mol. The fourth-order valence-corrected chi connectivity index (χ4v) is 8.26. The van der Waals surface area contributed by atoms with E-state index in [0.29, 0.717) is 0 Å². The van der Waals surface area contributed by atoms with E-state index in [-0.39, 0.29) is 0 Å². The minimum atomic E-state index is 1.10. The van der Waals surface area contributed by atoms with Gasteiger partial charge in [-0.2, -0.15) is 0 Å². The van der Waals surface area contributed by atoms with E-state index in [1.54, 1.807) is 0 Å². The van der Waals surface area contributed by atoms with Crippen LogP contribution in [-0.2, 0) is 0 Å². The smallest absolute Gasteiger partial charge is 0.0464 e. The van der Waals surface area contributed by atoms with Gasteiger partial charge in [0.15, 0.2) is 0 Å². The highest BCUT2D eigenvalue weighted by molar-refractivity contribution is 5.81. The van der Waals surface area contributed by atoms with Crippen LogP contribution in [0.25, 0.3) is 48.6 Å². The molecule has 9 rings (SSSR count). The Morgan fingerprint density at radius 1 is 0.214 bits per heavy atom. The van der Waals surface area contributed by atoms with Crippen molar-refractivity contribution in [3.8, 4) is 0 Å². The van der Waals surface area contributed by atoms with Crippen molar-refractivity contribution in [1.29, 1.82) is 0 Å². The Kier molecular flexibility index (Phi) is 15.3. The molecule has 0 atom stereocenters. The van der Waals surface area contributed by atoms with Gasteiger partial charge in [-0.25, -0.2) is 0 Å². The van der Waals surface area contributed by atoms with Crippen LogP contribution in [0.2, 0.25) is 0 Å². The van der Waals surface area contributed by atoms with Crippen LogP contribution < -0.4 is 9.80 Å². The van der Waals surface area contributed by atoms with Gasteiger partial charge in [0.1, 0.15) is 0 Å². The first-order valence-corrected chi connectivity index (χ1v) is 23.9. The Balaban J connectivity index is 0.837. The van der Waals surface area contributed by atoms with Crippen LogP contribution in [0.3, 0.4) is 0 Å². The largest absolute Gasteiger partial charge is 0.310 e. The van der Waals surface area contributed by atoms with Crippen LogP contribution in [0.1, 0.15) is 55.6 Å². The molecule has 0 spiro atoms. The third-order valence-electron chi connectivity index (χ3n) is 12.0. The summed E-state index contributed by atoms with van der Waals surface area (Å²) in [6, 6.07) is 81.8. The molecule has 0 saturated heterocycles. The van der Waals surface area contributed by atoms with Crippen molar-refractivity contribution < 1.29 is 0 Å². The van der Waals surface area contributed by atoms with Crippen molar-refractivity contribution in [2.45, 2.75) is 13.8 Å². The topological polar surface area (TPSA) is 6.48 Å². The van der Waals surface area contributed by atoms with Gasteiger partial charge >= 0.3 is 0 Å². The van der Waals surface area contributed by atoms with Gasteiger partial charge in [0, 0.05) is 34.1 Å². The summed E-state index contributed by atoms with van der Waals surface area (Å²) < 4.78 is 0. The Bertz CT molecular complexity index is 3040. The lowest BCUT2D eigenvalue weighted by Gasteiger charge is -2.26. The summed E-state index contributed by atoms with van der Waals surface area (Å²) in [4.78, 5) is 4.63. The molecule has 0 saturated carbocycles. The molecule has 0 amide bonds. The van der Waals surface area contributed by atoms with E-state index >= 15 is 0 Å². The predicted octanol–water partition coefficient (Wildman–Crippen LogP) is 19.0. The molecule has 338 valence electrons. The third-order valence-corrected chi connectivity index (χ3v) is 12.0. The fraction of sp³-hybridized carbons (Fsp3) is 0.0294. The van der Waals surface area contributed by atoms with E-state index in [1.165, 1.54) is 22.3 Å². The molecule has 0 heterocycles. The highest BCUT2D eigenvalue weighted by Crippen LogP contribution is 2.37. The molecule has 0 aromatic heterocycles. The summed E-state index contributed by atoms with van der Waals surface area (Å²) >= 11 is 0. The van der Waals surface area contributed by atoms with Gasteiger partial charge < -0.3 is 9.80 Å². The SMILES string of the molecule is Cc1cccc(N(c2ccc(C=CC=Cc3ccccc3)cc2)c2ccc(C=Cc3ccc(C=Cc4ccc(N(c5ccc(C=CC=Cc6ccccc6)cc5)c5cccc(C)c5)cc4)cc3)cc2)c1. The lowest BCUT2D eigenvalue weighted by molar-refractivity contribution is 1.27. The summed E-state index contributed by atoms with van der Waals surface area (Å²) in [7, 11) is 0. The van der Waals surface area contributed by atoms with Crippen molar-refractivity contribution in [2.24, 2.45) is 0 Å². The van der Waals surface area contributed by atoms with Crippen LogP contribution in [0.15, 0.2) is 255 Å². The maximum absolute atomic E-state index is 2.32. The molecule has 9 aromatic rings. The lowest BCUT2D eigenvalue weighted by Crippen LogP contribution is -2.10. The normalized spacial score (nSPS) is 11.8. The van der Waals surface area contributed by atoms with Crippen molar-refractivity contribution >= 4 is 82.7 Å². The van der Waals surface area contributed by atoms with E-state index in [9.17, 15) is 0 Å². The molecule has 0 aliphatic rings. The second-order valence-corrected chi connectivity index (χ2v) is 17.3. The number of anilines is 6. The second kappa shape index (κ2) is 23.2. The molecule has 2 nitrogen and oxygen atoms in total. The Hall–Kier alpha value is -8.98. The van der Waals surface area contributed by atoms with Crippen LogP contribution >= 0.6 is 0 Å². The van der Waals surface area contributed by atoms with E-state index in [2.05, 4.69) is 315 Å². The number of hydrogen-bond donors (Lipinski definition) is 0. The Morgan fingerprint density at radius 2 is 0.457 bits per heavy atom. The maximum Gasteiger partial charge on any atom is 0.0464 e. The maximum atomic E-state index is 2.32. The average molecular weight is 901 g/mol. The predicted molar refractivity (Wildman–Crippen MR) is 305 cm³/mol. The summed E-state index contributed by atoms with van der Waals surface area (Å²) in [5, 5.41) is 0. The van der Waals surface area contributed by atoms with Crippen molar-refractivity contribution in [3.05, 3.63) is 310 Å². The number of nitrogens with zero attached hydrogens (tertiary/aromatic N) is 2. The molecular weight excluding hydrogens is 845 g/mol. The van der Waals surface area contributed by atoms with Gasteiger partial charge in [-0.05, 0) is 142 Å². The second-order valence-electron chi connectivity index (χ2n) is 17.3. The molecule has 0 unspecified atom stereocenters. The van der Waals surface area contributed by atoms with Crippen LogP contribution in [0, 0.1) is 13.8 Å². The van der Waals surface area contributed by atoms with E-state index in [1.807, 2.05) is 12.1 Å². The molecule has 2 heteroatoms. The van der Waals surface area contributed by atoms with E-state index in [0.717, 1.165) is 67.5 Å². The Labute approximate surface area is 414 Å². The molecule has 0 fully saturated rings. The van der Waals surface area contributed by atoms with Gasteiger partial charge in [-0.3, -0.25) is 0 Å². The third kappa shape index (κ3) is 12.7. The highest BCUT2D eigenvalue weighted by Gasteiger charge is 2.14. The molecule has 0 aliphatic heterocycles. The van der Waals surface area contributed by atoms with Gasteiger partial charge in [-0.1, -0.05) is 231 Å². The van der Waals surface area contributed by atoms with Gasteiger partial charge in [0.2, 0.25) is 0 Å². The summed E-state index contributed by atoms with van der Waals surface area (Å²) in [5.74, 6) is 0. The number of hydrogen-bond acceptors (Lipinski definition) is 2. The zero-order chi connectivity index (χ0) is 47.7. The molecule has 0 bridgehead atoms. The average Bonchev–Trinajstić information content (AvgIpc) is 3.40. The van der Waals surface area contributed by atoms with E-state index in [4.69, 9.17) is 0 Å².